The molecule has 0 saturated heterocycles. The third kappa shape index (κ3) is 3.23. The van der Waals surface area contributed by atoms with E-state index in [0.717, 1.165) is 14.5 Å². The summed E-state index contributed by atoms with van der Waals surface area (Å²) < 4.78 is 1.89. The summed E-state index contributed by atoms with van der Waals surface area (Å²) in [4.78, 5) is 14.8. The van der Waals surface area contributed by atoms with E-state index in [2.05, 4.69) is 42.2 Å². The van der Waals surface area contributed by atoms with E-state index in [0.29, 0.717) is 5.69 Å². The van der Waals surface area contributed by atoms with Crippen molar-refractivity contribution >= 4 is 37.8 Å². The van der Waals surface area contributed by atoms with Crippen LogP contribution in [-0.2, 0) is 0 Å². The molecule has 94 valence electrons. The van der Waals surface area contributed by atoms with Crippen molar-refractivity contribution in [3.63, 3.8) is 0 Å². The van der Waals surface area contributed by atoms with Crippen LogP contribution in [0.5, 0.6) is 0 Å². The Morgan fingerprint density at radius 2 is 1.89 bits per heavy atom. The Labute approximate surface area is 122 Å². The number of rotatable bonds is 3. The summed E-state index contributed by atoms with van der Waals surface area (Å²) in [7, 11) is 0. The van der Waals surface area contributed by atoms with Gasteiger partial charge in [-0.2, -0.15) is 0 Å². The van der Waals surface area contributed by atoms with Gasteiger partial charge < -0.3 is 10.3 Å². The molecule has 2 rings (SSSR count). The van der Waals surface area contributed by atoms with Gasteiger partial charge in [0.2, 0.25) is 0 Å². The quantitative estimate of drug-likeness (QED) is 0.840. The van der Waals surface area contributed by atoms with Crippen LogP contribution in [0.25, 0.3) is 0 Å². The van der Waals surface area contributed by atoms with E-state index in [-0.39, 0.29) is 11.9 Å². The molecule has 1 heterocycles. The Morgan fingerprint density at radius 3 is 2.44 bits per heavy atom. The molecule has 5 heteroatoms. The van der Waals surface area contributed by atoms with Crippen LogP contribution in [0.4, 0.5) is 0 Å². The summed E-state index contributed by atoms with van der Waals surface area (Å²) in [5, 5.41) is 2.94. The minimum absolute atomic E-state index is 0.0346. The first-order chi connectivity index (χ1) is 8.56. The molecule has 0 spiro atoms. The highest BCUT2D eigenvalue weighted by atomic mass is 79.9. The molecule has 0 aliphatic rings. The van der Waals surface area contributed by atoms with Crippen molar-refractivity contribution in [2.45, 2.75) is 13.0 Å². The molecule has 2 aromatic rings. The number of aromatic nitrogens is 1. The molecule has 3 nitrogen and oxygen atoms in total. The molecular formula is C13H12Br2N2O. The zero-order chi connectivity index (χ0) is 13.1. The average Bonchev–Trinajstić information content (AvgIpc) is 2.76. The lowest BCUT2D eigenvalue weighted by atomic mass is 10.1. The largest absolute Gasteiger partial charge is 0.356 e. The van der Waals surface area contributed by atoms with Gasteiger partial charge >= 0.3 is 0 Å². The smallest absolute Gasteiger partial charge is 0.268 e. The van der Waals surface area contributed by atoms with E-state index in [1.807, 2.05) is 31.2 Å². The van der Waals surface area contributed by atoms with Gasteiger partial charge in [-0.25, -0.2) is 0 Å². The number of carbonyl (C=O) groups excluding carboxylic acids is 1. The van der Waals surface area contributed by atoms with E-state index in [1.165, 1.54) is 0 Å². The number of benzene rings is 1. The van der Waals surface area contributed by atoms with Gasteiger partial charge in [0.25, 0.3) is 5.91 Å². The second-order valence-corrected chi connectivity index (χ2v) is 5.81. The Kier molecular flexibility index (Phi) is 4.24. The van der Waals surface area contributed by atoms with Gasteiger partial charge in [0.1, 0.15) is 5.69 Å². The van der Waals surface area contributed by atoms with E-state index in [1.54, 1.807) is 12.3 Å². The molecule has 0 radical (unpaired) electrons. The molecule has 1 aromatic heterocycles. The van der Waals surface area contributed by atoms with Gasteiger partial charge in [-0.1, -0.05) is 28.1 Å². The second kappa shape index (κ2) is 5.71. The third-order valence-corrected chi connectivity index (χ3v) is 3.60. The predicted octanol–water partition coefficient (Wildman–Crippen LogP) is 4.03. The summed E-state index contributed by atoms with van der Waals surface area (Å²) >= 11 is 6.69. The molecule has 1 amide bonds. The van der Waals surface area contributed by atoms with Gasteiger partial charge in [0.15, 0.2) is 0 Å². The van der Waals surface area contributed by atoms with Gasteiger partial charge in [-0.3, -0.25) is 4.79 Å². The van der Waals surface area contributed by atoms with Crippen molar-refractivity contribution in [1.82, 2.24) is 10.3 Å². The van der Waals surface area contributed by atoms with Crippen molar-refractivity contribution < 1.29 is 4.79 Å². The molecule has 0 fully saturated rings. The highest BCUT2D eigenvalue weighted by molar-refractivity contribution is 9.10. The first-order valence-corrected chi connectivity index (χ1v) is 7.05. The number of carbonyl (C=O) groups is 1. The average molecular weight is 372 g/mol. The molecule has 1 atom stereocenters. The minimum Gasteiger partial charge on any atom is -0.356 e. The van der Waals surface area contributed by atoms with E-state index in [4.69, 9.17) is 0 Å². The molecule has 0 bridgehead atoms. The standard InChI is InChI=1S/C13H12Br2N2O/c1-8(9-2-4-10(14)5-3-9)17-13(18)12-6-11(15)7-16-12/h2-8,16H,1H3,(H,17,18). The fourth-order valence-corrected chi connectivity index (χ4v) is 2.22. The van der Waals surface area contributed by atoms with E-state index >= 15 is 0 Å². The summed E-state index contributed by atoms with van der Waals surface area (Å²) in [5.41, 5.74) is 1.61. The molecule has 0 saturated carbocycles. The molecule has 1 unspecified atom stereocenters. The number of nitrogens with one attached hydrogen (secondary N) is 2. The van der Waals surface area contributed by atoms with Crippen LogP contribution in [0.3, 0.4) is 0 Å². The van der Waals surface area contributed by atoms with Crippen LogP contribution < -0.4 is 5.32 Å². The maximum Gasteiger partial charge on any atom is 0.268 e. The van der Waals surface area contributed by atoms with Crippen LogP contribution in [-0.4, -0.2) is 10.9 Å². The Morgan fingerprint density at radius 1 is 1.22 bits per heavy atom. The monoisotopic (exact) mass is 370 g/mol. The van der Waals surface area contributed by atoms with Crippen molar-refractivity contribution in [2.75, 3.05) is 0 Å². The van der Waals surface area contributed by atoms with Crippen LogP contribution >= 0.6 is 31.9 Å². The summed E-state index contributed by atoms with van der Waals surface area (Å²) in [6.07, 6.45) is 1.74. The number of aromatic amines is 1. The lowest BCUT2D eigenvalue weighted by Gasteiger charge is -2.13. The fourth-order valence-electron chi connectivity index (χ4n) is 1.61. The second-order valence-electron chi connectivity index (χ2n) is 3.98. The summed E-state index contributed by atoms with van der Waals surface area (Å²) in [6.45, 7) is 1.96. The van der Waals surface area contributed by atoms with Crippen LogP contribution in [0.1, 0.15) is 29.0 Å². The zero-order valence-corrected chi connectivity index (χ0v) is 12.9. The van der Waals surface area contributed by atoms with E-state index < -0.39 is 0 Å². The molecule has 18 heavy (non-hydrogen) atoms. The number of hydrogen-bond acceptors (Lipinski definition) is 1. The van der Waals surface area contributed by atoms with Gasteiger partial charge in [-0.05, 0) is 46.6 Å². The Bertz CT molecular complexity index is 548. The minimum atomic E-state index is -0.115. The lowest BCUT2D eigenvalue weighted by Crippen LogP contribution is -2.26. The highest BCUT2D eigenvalue weighted by Crippen LogP contribution is 2.17. The maximum absolute atomic E-state index is 11.9. The topological polar surface area (TPSA) is 44.9 Å². The summed E-state index contributed by atoms with van der Waals surface area (Å²) in [6, 6.07) is 9.61. The number of hydrogen-bond donors (Lipinski definition) is 2. The van der Waals surface area contributed by atoms with Crippen molar-refractivity contribution in [2.24, 2.45) is 0 Å². The van der Waals surface area contributed by atoms with Crippen molar-refractivity contribution in [1.29, 1.82) is 0 Å². The number of H-pyrrole nitrogens is 1. The highest BCUT2D eigenvalue weighted by Gasteiger charge is 2.12. The van der Waals surface area contributed by atoms with Crippen LogP contribution in [0.2, 0.25) is 0 Å². The first kappa shape index (κ1) is 13.4. The van der Waals surface area contributed by atoms with Crippen LogP contribution in [0.15, 0.2) is 45.5 Å². The predicted molar refractivity (Wildman–Crippen MR) is 78.5 cm³/mol. The lowest BCUT2D eigenvalue weighted by molar-refractivity contribution is 0.0935. The van der Waals surface area contributed by atoms with Gasteiger partial charge in [0.05, 0.1) is 6.04 Å². The van der Waals surface area contributed by atoms with Crippen molar-refractivity contribution in [3.8, 4) is 0 Å². The third-order valence-electron chi connectivity index (χ3n) is 2.61. The first-order valence-electron chi connectivity index (χ1n) is 5.46. The normalized spacial score (nSPS) is 12.2. The number of amides is 1. The fraction of sp³-hybridized carbons (Fsp3) is 0.154. The summed E-state index contributed by atoms with van der Waals surface area (Å²) in [5.74, 6) is -0.115. The molecule has 2 N–H and O–H groups in total. The Hall–Kier alpha value is -1.07. The maximum atomic E-state index is 11.9. The van der Waals surface area contributed by atoms with Gasteiger partial charge in [-0.15, -0.1) is 0 Å². The van der Waals surface area contributed by atoms with Crippen LogP contribution in [0, 0.1) is 0 Å². The molecule has 0 aliphatic heterocycles. The zero-order valence-electron chi connectivity index (χ0n) is 9.71. The van der Waals surface area contributed by atoms with E-state index in [9.17, 15) is 4.79 Å². The van der Waals surface area contributed by atoms with Gasteiger partial charge in [0, 0.05) is 15.1 Å². The van der Waals surface area contributed by atoms with Crippen molar-refractivity contribution in [3.05, 3.63) is 56.7 Å². The molecular weight excluding hydrogens is 360 g/mol. The molecule has 0 aliphatic carbocycles. The SMILES string of the molecule is CC(NC(=O)c1cc(Br)c[nH]1)c1ccc(Br)cc1. The Balaban J connectivity index is 2.05. The number of halogens is 2. The molecule has 1 aromatic carbocycles.